The lowest BCUT2D eigenvalue weighted by Crippen LogP contribution is -2.20. The van der Waals surface area contributed by atoms with Crippen LogP contribution in [-0.4, -0.2) is 28.8 Å². The van der Waals surface area contributed by atoms with Crippen molar-refractivity contribution in [3.63, 3.8) is 0 Å². The maximum atomic E-state index is 12.2. The molecule has 3 rings (SSSR count). The highest BCUT2D eigenvalue weighted by molar-refractivity contribution is 6.30. The number of nitrogens with one attached hydrogen (secondary N) is 2. The number of halogens is 1. The van der Waals surface area contributed by atoms with Crippen LogP contribution >= 0.6 is 11.6 Å². The number of benzene rings is 2. The van der Waals surface area contributed by atoms with E-state index in [9.17, 15) is 4.79 Å². The molecule has 0 unspecified atom stereocenters. The molecule has 134 valence electrons. The number of anilines is 1. The Hall–Kier alpha value is -2.86. The summed E-state index contributed by atoms with van der Waals surface area (Å²) in [6.07, 6.45) is 1.20. The number of ether oxygens (including phenoxy) is 1. The zero-order valence-corrected chi connectivity index (χ0v) is 15.1. The van der Waals surface area contributed by atoms with Gasteiger partial charge in [-0.05, 0) is 41.8 Å². The van der Waals surface area contributed by atoms with E-state index in [0.29, 0.717) is 29.6 Å². The average Bonchev–Trinajstić information content (AvgIpc) is 2.66. The summed E-state index contributed by atoms with van der Waals surface area (Å²) in [6.45, 7) is 0.629. The van der Waals surface area contributed by atoms with E-state index in [1.165, 1.54) is 0 Å². The molecule has 0 aliphatic heterocycles. The normalized spacial score (nSPS) is 10.5. The zero-order valence-electron chi connectivity index (χ0n) is 14.3. The first kappa shape index (κ1) is 17.9. The van der Waals surface area contributed by atoms with Gasteiger partial charge in [0, 0.05) is 18.0 Å². The van der Waals surface area contributed by atoms with Crippen LogP contribution < -0.4 is 15.6 Å². The Morgan fingerprint density at radius 2 is 1.73 bits per heavy atom. The smallest absolute Gasteiger partial charge is 0.274 e. The van der Waals surface area contributed by atoms with Crippen LogP contribution in [0.15, 0.2) is 53.3 Å². The van der Waals surface area contributed by atoms with Crippen LogP contribution in [0.3, 0.4) is 0 Å². The lowest BCUT2D eigenvalue weighted by molar-refractivity contribution is 0.414. The molecular formula is C19H19ClN4O2. The second-order valence-corrected chi connectivity index (χ2v) is 6.21. The van der Waals surface area contributed by atoms with Crippen LogP contribution in [0.2, 0.25) is 5.02 Å². The van der Waals surface area contributed by atoms with Gasteiger partial charge in [0.15, 0.2) is 0 Å². The van der Waals surface area contributed by atoms with Crippen LogP contribution in [0.1, 0.15) is 16.8 Å². The monoisotopic (exact) mass is 370 g/mol. The van der Waals surface area contributed by atoms with Gasteiger partial charge in [0.2, 0.25) is 5.95 Å². The Kier molecular flexibility index (Phi) is 5.86. The van der Waals surface area contributed by atoms with Crippen molar-refractivity contribution in [1.82, 2.24) is 15.2 Å². The van der Waals surface area contributed by atoms with Gasteiger partial charge in [0.05, 0.1) is 7.11 Å². The van der Waals surface area contributed by atoms with Crippen LogP contribution in [0.4, 0.5) is 5.95 Å². The molecule has 0 saturated heterocycles. The van der Waals surface area contributed by atoms with Crippen molar-refractivity contribution in [2.75, 3.05) is 19.0 Å². The van der Waals surface area contributed by atoms with Crippen molar-refractivity contribution in [3.05, 3.63) is 80.7 Å². The number of hydrogen-bond donors (Lipinski definition) is 2. The molecule has 6 nitrogen and oxygen atoms in total. The number of nitrogens with zero attached hydrogens (tertiary/aromatic N) is 2. The Morgan fingerprint density at radius 3 is 2.38 bits per heavy atom. The molecule has 1 aromatic heterocycles. The molecule has 0 saturated carbocycles. The number of aromatic amines is 1. The molecule has 0 spiro atoms. The van der Waals surface area contributed by atoms with Gasteiger partial charge in [0.25, 0.3) is 5.56 Å². The predicted molar refractivity (Wildman–Crippen MR) is 102 cm³/mol. The highest BCUT2D eigenvalue weighted by Gasteiger charge is 2.06. The average molecular weight is 371 g/mol. The number of methoxy groups -OCH3 is 1. The minimum absolute atomic E-state index is 0.246. The quantitative estimate of drug-likeness (QED) is 0.668. The van der Waals surface area contributed by atoms with Crippen LogP contribution in [-0.2, 0) is 12.8 Å². The summed E-state index contributed by atoms with van der Waals surface area (Å²) >= 11 is 5.87. The number of rotatable bonds is 7. The van der Waals surface area contributed by atoms with Gasteiger partial charge in [-0.15, -0.1) is 10.2 Å². The van der Waals surface area contributed by atoms with Crippen molar-refractivity contribution in [1.29, 1.82) is 0 Å². The van der Waals surface area contributed by atoms with E-state index in [0.717, 1.165) is 23.3 Å². The van der Waals surface area contributed by atoms with E-state index in [1.54, 1.807) is 7.11 Å². The number of H-pyrrole nitrogens is 1. The third kappa shape index (κ3) is 4.83. The highest BCUT2D eigenvalue weighted by Crippen LogP contribution is 2.13. The van der Waals surface area contributed by atoms with E-state index < -0.39 is 0 Å². The fourth-order valence-electron chi connectivity index (χ4n) is 2.47. The first-order chi connectivity index (χ1) is 12.6. The Bertz CT molecular complexity index is 908. The fraction of sp³-hybridized carbons (Fsp3) is 0.211. The molecule has 0 amide bonds. The molecule has 0 fully saturated rings. The van der Waals surface area contributed by atoms with Gasteiger partial charge in [-0.2, -0.15) is 0 Å². The maximum Gasteiger partial charge on any atom is 0.274 e. The van der Waals surface area contributed by atoms with E-state index in [2.05, 4.69) is 20.5 Å². The van der Waals surface area contributed by atoms with Crippen LogP contribution in [0.5, 0.6) is 5.75 Å². The molecule has 3 aromatic rings. The summed E-state index contributed by atoms with van der Waals surface area (Å²) in [4.78, 5) is 14.9. The number of aromatic nitrogens is 3. The molecule has 7 heteroatoms. The Balaban J connectivity index is 1.58. The molecule has 0 aliphatic carbocycles. The predicted octanol–water partition coefficient (Wildman–Crippen LogP) is 3.07. The summed E-state index contributed by atoms with van der Waals surface area (Å²) in [6, 6.07) is 15.1. The Morgan fingerprint density at radius 1 is 1.04 bits per heavy atom. The molecule has 0 radical (unpaired) electrons. The SMILES string of the molecule is COc1ccc(Cc2nnc(NCCc3ccc(Cl)cc3)[nH]c2=O)cc1. The standard InChI is InChI=1S/C19H19ClN4O2/c1-26-16-8-4-14(5-9-16)12-17-18(25)22-19(24-23-17)21-11-10-13-2-6-15(20)7-3-13/h2-9H,10-12H2,1H3,(H2,21,22,24,25). The molecule has 0 atom stereocenters. The molecule has 2 aromatic carbocycles. The lowest BCUT2D eigenvalue weighted by atomic mass is 10.1. The lowest BCUT2D eigenvalue weighted by Gasteiger charge is -2.06. The summed E-state index contributed by atoms with van der Waals surface area (Å²) in [7, 11) is 1.61. The summed E-state index contributed by atoms with van der Waals surface area (Å²) in [5.74, 6) is 1.14. The molecule has 0 aliphatic rings. The molecule has 0 bridgehead atoms. The van der Waals surface area contributed by atoms with Gasteiger partial charge in [-0.25, -0.2) is 0 Å². The molecule has 26 heavy (non-hydrogen) atoms. The van der Waals surface area contributed by atoms with Crippen molar-refractivity contribution in [3.8, 4) is 5.75 Å². The van der Waals surface area contributed by atoms with Gasteiger partial charge in [-0.1, -0.05) is 35.9 Å². The van der Waals surface area contributed by atoms with Gasteiger partial charge >= 0.3 is 0 Å². The minimum atomic E-state index is -0.246. The van der Waals surface area contributed by atoms with Crippen LogP contribution in [0.25, 0.3) is 0 Å². The second kappa shape index (κ2) is 8.49. The summed E-state index contributed by atoms with van der Waals surface area (Å²) in [5.41, 5.74) is 2.24. The van der Waals surface area contributed by atoms with E-state index in [1.807, 2.05) is 48.5 Å². The van der Waals surface area contributed by atoms with Crippen molar-refractivity contribution in [2.45, 2.75) is 12.8 Å². The van der Waals surface area contributed by atoms with Crippen LogP contribution in [0, 0.1) is 0 Å². The van der Waals surface area contributed by atoms with E-state index in [4.69, 9.17) is 16.3 Å². The van der Waals surface area contributed by atoms with E-state index >= 15 is 0 Å². The van der Waals surface area contributed by atoms with E-state index in [-0.39, 0.29) is 5.56 Å². The molecular weight excluding hydrogens is 352 g/mol. The largest absolute Gasteiger partial charge is 0.497 e. The summed E-state index contributed by atoms with van der Waals surface area (Å²) in [5, 5.41) is 11.9. The summed E-state index contributed by atoms with van der Waals surface area (Å²) < 4.78 is 5.12. The van der Waals surface area contributed by atoms with Crippen molar-refractivity contribution in [2.24, 2.45) is 0 Å². The third-order valence-corrected chi connectivity index (χ3v) is 4.17. The van der Waals surface area contributed by atoms with Crippen molar-refractivity contribution >= 4 is 17.5 Å². The first-order valence-corrected chi connectivity index (χ1v) is 8.59. The van der Waals surface area contributed by atoms with Gasteiger partial charge in [0.1, 0.15) is 11.4 Å². The van der Waals surface area contributed by atoms with Crippen molar-refractivity contribution < 1.29 is 4.74 Å². The Labute approximate surface area is 156 Å². The third-order valence-electron chi connectivity index (χ3n) is 3.91. The minimum Gasteiger partial charge on any atom is -0.497 e. The van der Waals surface area contributed by atoms with Gasteiger partial charge in [-0.3, -0.25) is 9.78 Å². The highest BCUT2D eigenvalue weighted by atomic mass is 35.5. The zero-order chi connectivity index (χ0) is 18.4. The second-order valence-electron chi connectivity index (χ2n) is 5.78. The number of hydrogen-bond acceptors (Lipinski definition) is 5. The topological polar surface area (TPSA) is 79.9 Å². The maximum absolute atomic E-state index is 12.2. The first-order valence-electron chi connectivity index (χ1n) is 8.21. The van der Waals surface area contributed by atoms with Gasteiger partial charge < -0.3 is 10.1 Å². The fourth-order valence-corrected chi connectivity index (χ4v) is 2.59. The molecule has 2 N–H and O–H groups in total. The molecule has 1 heterocycles.